The fourth-order valence-corrected chi connectivity index (χ4v) is 7.80. The van der Waals surface area contributed by atoms with E-state index in [9.17, 15) is 16.8 Å². The van der Waals surface area contributed by atoms with Gasteiger partial charge in [0, 0.05) is 19.1 Å². The number of hydrogen-bond acceptors (Lipinski definition) is 6. The summed E-state index contributed by atoms with van der Waals surface area (Å²) in [5.41, 5.74) is 1.60. The van der Waals surface area contributed by atoms with Crippen molar-refractivity contribution in [1.29, 1.82) is 0 Å². The molecule has 1 saturated carbocycles. The molecule has 0 unspecified atom stereocenters. The Morgan fingerprint density at radius 3 is 2.08 bits per heavy atom. The summed E-state index contributed by atoms with van der Waals surface area (Å²) in [7, 11) is -4.66. The van der Waals surface area contributed by atoms with Gasteiger partial charge in [-0.2, -0.15) is 4.31 Å². The molecule has 0 saturated heterocycles. The third-order valence-electron chi connectivity index (χ3n) is 7.27. The van der Waals surface area contributed by atoms with Crippen LogP contribution in [0.15, 0.2) is 82.6 Å². The molecule has 0 aromatic heterocycles. The second-order valence-electron chi connectivity index (χ2n) is 9.85. The predicted octanol–water partition coefficient (Wildman–Crippen LogP) is 4.95. The molecule has 10 heteroatoms. The fraction of sp³-hybridized carbons (Fsp3) is 0.379. The summed E-state index contributed by atoms with van der Waals surface area (Å²) >= 11 is 0. The standard InChI is InChI=1S/C29H36N2O6S2/c1-22-9-7-8-12-27(22)31(21-24-13-18-28(36-2)29(19-24)37-3)39(34,35)26-16-14-25(15-17-26)38(32,33)30-20-23-10-5-4-6-11-23/h4-6,10-11,13-19,22,27,30H,7-9,12,20-21H2,1-3H3/t22-,27+/m0/s1. The van der Waals surface area contributed by atoms with Crippen LogP contribution in [0.25, 0.3) is 0 Å². The molecule has 2 atom stereocenters. The highest BCUT2D eigenvalue weighted by atomic mass is 32.2. The van der Waals surface area contributed by atoms with Gasteiger partial charge in [-0.3, -0.25) is 0 Å². The maximum absolute atomic E-state index is 14.0. The number of methoxy groups -OCH3 is 2. The van der Waals surface area contributed by atoms with E-state index in [0.29, 0.717) is 11.5 Å². The van der Waals surface area contributed by atoms with E-state index in [0.717, 1.165) is 36.8 Å². The van der Waals surface area contributed by atoms with Crippen molar-refractivity contribution in [2.45, 2.75) is 61.5 Å². The monoisotopic (exact) mass is 572 g/mol. The Morgan fingerprint density at radius 1 is 0.795 bits per heavy atom. The van der Waals surface area contributed by atoms with E-state index in [2.05, 4.69) is 11.6 Å². The number of nitrogens with one attached hydrogen (secondary N) is 1. The van der Waals surface area contributed by atoms with E-state index in [-0.39, 0.29) is 34.8 Å². The molecular formula is C29H36N2O6S2. The molecule has 4 rings (SSSR count). The SMILES string of the molecule is COc1ccc(CN([C@@H]2CCCC[C@@H]2C)S(=O)(=O)c2ccc(S(=O)(=O)NCc3ccccc3)cc2)cc1OC. The highest BCUT2D eigenvalue weighted by Crippen LogP contribution is 2.35. The van der Waals surface area contributed by atoms with Gasteiger partial charge < -0.3 is 9.47 Å². The molecule has 1 N–H and O–H groups in total. The fourth-order valence-electron chi connectivity index (χ4n) is 5.05. The second-order valence-corrected chi connectivity index (χ2v) is 13.5. The van der Waals surface area contributed by atoms with E-state index >= 15 is 0 Å². The molecule has 1 fully saturated rings. The minimum absolute atomic E-state index is 0.00913. The van der Waals surface area contributed by atoms with Gasteiger partial charge in [0.05, 0.1) is 24.0 Å². The molecule has 0 bridgehead atoms. The van der Waals surface area contributed by atoms with Crippen molar-refractivity contribution < 1.29 is 26.3 Å². The molecule has 1 aliphatic carbocycles. The summed E-state index contributed by atoms with van der Waals surface area (Å²) in [5, 5.41) is 0. The zero-order chi connectivity index (χ0) is 28.0. The summed E-state index contributed by atoms with van der Waals surface area (Å²) < 4.78 is 68.7. The minimum atomic E-state index is -3.94. The van der Waals surface area contributed by atoms with Gasteiger partial charge >= 0.3 is 0 Å². The highest BCUT2D eigenvalue weighted by molar-refractivity contribution is 7.89. The van der Waals surface area contributed by atoms with Gasteiger partial charge in [0.2, 0.25) is 20.0 Å². The minimum Gasteiger partial charge on any atom is -0.493 e. The van der Waals surface area contributed by atoms with Crippen LogP contribution >= 0.6 is 0 Å². The van der Waals surface area contributed by atoms with Crippen LogP contribution < -0.4 is 14.2 Å². The largest absolute Gasteiger partial charge is 0.493 e. The molecule has 210 valence electrons. The first kappa shape index (κ1) is 29.1. The molecular weight excluding hydrogens is 536 g/mol. The van der Waals surface area contributed by atoms with Gasteiger partial charge in [-0.25, -0.2) is 21.6 Å². The Hall–Kier alpha value is -2.92. The summed E-state index contributed by atoms with van der Waals surface area (Å²) in [6.07, 6.45) is 3.75. The number of rotatable bonds is 11. The molecule has 1 aliphatic rings. The van der Waals surface area contributed by atoms with Crippen molar-refractivity contribution in [2.24, 2.45) is 5.92 Å². The topological polar surface area (TPSA) is 102 Å². The van der Waals surface area contributed by atoms with E-state index in [4.69, 9.17) is 9.47 Å². The first-order chi connectivity index (χ1) is 18.7. The lowest BCUT2D eigenvalue weighted by Crippen LogP contribution is -2.44. The first-order valence-corrected chi connectivity index (χ1v) is 15.9. The Balaban J connectivity index is 1.61. The van der Waals surface area contributed by atoms with Crippen LogP contribution in [0.3, 0.4) is 0 Å². The Morgan fingerprint density at radius 2 is 1.44 bits per heavy atom. The van der Waals surface area contributed by atoms with Crippen molar-refractivity contribution in [1.82, 2.24) is 9.03 Å². The zero-order valence-electron chi connectivity index (χ0n) is 22.5. The van der Waals surface area contributed by atoms with Crippen LogP contribution in [0.4, 0.5) is 0 Å². The van der Waals surface area contributed by atoms with Crippen LogP contribution in [0, 0.1) is 5.92 Å². The zero-order valence-corrected chi connectivity index (χ0v) is 24.2. The lowest BCUT2D eigenvalue weighted by atomic mass is 9.86. The molecule has 0 amide bonds. The van der Waals surface area contributed by atoms with Crippen LogP contribution in [-0.2, 0) is 33.1 Å². The van der Waals surface area contributed by atoms with Crippen molar-refractivity contribution in [3.63, 3.8) is 0 Å². The lowest BCUT2D eigenvalue weighted by molar-refractivity contribution is 0.185. The van der Waals surface area contributed by atoms with Crippen LogP contribution in [0.2, 0.25) is 0 Å². The summed E-state index contributed by atoms with van der Waals surface area (Å²) in [4.78, 5) is 0.0672. The van der Waals surface area contributed by atoms with Crippen LogP contribution in [0.5, 0.6) is 11.5 Å². The molecule has 39 heavy (non-hydrogen) atoms. The third-order valence-corrected chi connectivity index (χ3v) is 10.6. The number of sulfonamides is 2. The maximum Gasteiger partial charge on any atom is 0.243 e. The van der Waals surface area contributed by atoms with Gasteiger partial charge in [0.15, 0.2) is 11.5 Å². The summed E-state index contributed by atoms with van der Waals surface area (Å²) in [6, 6.07) is 19.9. The highest BCUT2D eigenvalue weighted by Gasteiger charge is 2.36. The van der Waals surface area contributed by atoms with Crippen LogP contribution in [0.1, 0.15) is 43.7 Å². The Labute approximate surface area is 232 Å². The smallest absolute Gasteiger partial charge is 0.243 e. The normalized spacial score (nSPS) is 18.2. The molecule has 3 aromatic rings. The number of benzene rings is 3. The van der Waals surface area contributed by atoms with Gasteiger partial charge in [-0.15, -0.1) is 0 Å². The lowest BCUT2D eigenvalue weighted by Gasteiger charge is -2.38. The number of hydrogen-bond donors (Lipinski definition) is 1. The van der Waals surface area contributed by atoms with Crippen molar-refractivity contribution >= 4 is 20.0 Å². The quantitative estimate of drug-likeness (QED) is 0.349. The average Bonchev–Trinajstić information content (AvgIpc) is 2.95. The predicted molar refractivity (Wildman–Crippen MR) is 151 cm³/mol. The van der Waals surface area contributed by atoms with Crippen LogP contribution in [-0.4, -0.2) is 41.4 Å². The first-order valence-electron chi connectivity index (χ1n) is 13.0. The van der Waals surface area contributed by atoms with Crippen molar-refractivity contribution in [2.75, 3.05) is 14.2 Å². The van der Waals surface area contributed by atoms with E-state index in [1.54, 1.807) is 30.7 Å². The van der Waals surface area contributed by atoms with E-state index in [1.807, 2.05) is 36.4 Å². The molecule has 0 spiro atoms. The molecule has 0 radical (unpaired) electrons. The summed E-state index contributed by atoms with van der Waals surface area (Å²) in [5.74, 6) is 1.29. The van der Waals surface area contributed by atoms with Crippen molar-refractivity contribution in [3.05, 3.63) is 83.9 Å². The average molecular weight is 573 g/mol. The molecule has 3 aromatic carbocycles. The summed E-state index contributed by atoms with van der Waals surface area (Å²) in [6.45, 7) is 2.40. The van der Waals surface area contributed by atoms with Crippen molar-refractivity contribution in [3.8, 4) is 11.5 Å². The Bertz CT molecular complexity index is 1460. The molecule has 8 nitrogen and oxygen atoms in total. The second kappa shape index (κ2) is 12.5. The van der Waals surface area contributed by atoms with Gasteiger partial charge in [0.25, 0.3) is 0 Å². The van der Waals surface area contributed by atoms with E-state index in [1.165, 1.54) is 24.3 Å². The third kappa shape index (κ3) is 6.81. The van der Waals surface area contributed by atoms with Gasteiger partial charge in [-0.05, 0) is 66.3 Å². The Kier molecular flexibility index (Phi) is 9.32. The van der Waals surface area contributed by atoms with Gasteiger partial charge in [-0.1, -0.05) is 56.2 Å². The van der Waals surface area contributed by atoms with E-state index < -0.39 is 20.0 Å². The number of nitrogens with zero attached hydrogens (tertiary/aromatic N) is 1. The maximum atomic E-state index is 14.0. The number of ether oxygens (including phenoxy) is 2. The molecule has 0 heterocycles. The molecule has 0 aliphatic heterocycles. The van der Waals surface area contributed by atoms with Gasteiger partial charge in [0.1, 0.15) is 0 Å².